The van der Waals surface area contributed by atoms with E-state index in [-0.39, 0.29) is 5.82 Å². The van der Waals surface area contributed by atoms with Gasteiger partial charge < -0.3 is 5.32 Å². The average Bonchev–Trinajstić information content (AvgIpc) is 3.40. The molecule has 0 spiro atoms. The third-order valence-electron chi connectivity index (χ3n) is 4.76. The number of aryl methyl sites for hydroxylation is 1. The van der Waals surface area contributed by atoms with Crippen LogP contribution in [0.2, 0.25) is 0 Å². The molecular formula is C22H18FN7. The molecule has 0 aliphatic carbocycles. The minimum atomic E-state index is -0.250. The fraction of sp³-hybridized carbons (Fsp3) is 0.0909. The number of nitrogens with zero attached hydrogens (tertiary/aromatic N) is 6. The minimum absolute atomic E-state index is 0.250. The lowest BCUT2D eigenvalue weighted by Crippen LogP contribution is -2.04. The summed E-state index contributed by atoms with van der Waals surface area (Å²) in [6.07, 6.45) is 3.39. The zero-order valence-corrected chi connectivity index (χ0v) is 16.2. The fourth-order valence-electron chi connectivity index (χ4n) is 3.26. The monoisotopic (exact) mass is 399 g/mol. The van der Waals surface area contributed by atoms with Crippen LogP contribution in [0, 0.1) is 12.7 Å². The summed E-state index contributed by atoms with van der Waals surface area (Å²) in [5.74, 6) is 1.17. The Bertz CT molecular complexity index is 1320. The van der Waals surface area contributed by atoms with Crippen molar-refractivity contribution in [3.8, 4) is 17.1 Å². The first kappa shape index (κ1) is 18.0. The van der Waals surface area contributed by atoms with Gasteiger partial charge in [-0.05, 0) is 48.9 Å². The molecule has 5 aromatic rings. The maximum atomic E-state index is 13.1. The van der Waals surface area contributed by atoms with E-state index in [0.717, 1.165) is 34.0 Å². The first-order valence-electron chi connectivity index (χ1n) is 9.48. The van der Waals surface area contributed by atoms with Crippen molar-refractivity contribution in [1.82, 2.24) is 29.4 Å². The van der Waals surface area contributed by atoms with Crippen LogP contribution < -0.4 is 5.32 Å². The molecule has 0 saturated heterocycles. The topological polar surface area (TPSA) is 72.9 Å². The second-order valence-electron chi connectivity index (χ2n) is 6.92. The summed E-state index contributed by atoms with van der Waals surface area (Å²) in [5, 5.41) is 12.2. The Labute approximate surface area is 171 Å². The summed E-state index contributed by atoms with van der Waals surface area (Å²) in [7, 11) is 0. The van der Waals surface area contributed by atoms with E-state index in [1.54, 1.807) is 16.6 Å². The smallest absolute Gasteiger partial charge is 0.155 e. The number of aromatic nitrogens is 6. The van der Waals surface area contributed by atoms with Gasteiger partial charge in [0.15, 0.2) is 11.5 Å². The highest BCUT2D eigenvalue weighted by molar-refractivity contribution is 5.68. The summed E-state index contributed by atoms with van der Waals surface area (Å²) in [4.78, 5) is 8.89. The predicted molar refractivity (Wildman–Crippen MR) is 112 cm³/mol. The van der Waals surface area contributed by atoms with Crippen LogP contribution in [0.15, 0.2) is 73.2 Å². The summed E-state index contributed by atoms with van der Waals surface area (Å²) in [6, 6.07) is 18.1. The van der Waals surface area contributed by atoms with E-state index in [1.165, 1.54) is 18.5 Å². The molecule has 0 saturated carbocycles. The van der Waals surface area contributed by atoms with Crippen LogP contribution in [-0.2, 0) is 6.54 Å². The number of pyridine rings is 2. The summed E-state index contributed by atoms with van der Waals surface area (Å²) in [6.45, 7) is 2.48. The lowest BCUT2D eigenvalue weighted by atomic mass is 10.2. The largest absolute Gasteiger partial charge is 0.364 e. The van der Waals surface area contributed by atoms with E-state index in [2.05, 4.69) is 20.4 Å². The summed E-state index contributed by atoms with van der Waals surface area (Å²) in [5.41, 5.74) is 4.44. The SMILES string of the molecule is Cc1cccc(-n2nc(NCc3ccc(F)cc3)cc2-c2ccn3ncnc3c2)n1. The standard InChI is InChI=1S/C22H18FN7/c1-15-3-2-4-21(27-15)30-19(17-9-10-29-22(11-17)25-14-26-29)12-20(28-30)24-13-16-5-7-18(23)8-6-16/h2-12,14H,13H2,1H3,(H,24,28). The van der Waals surface area contributed by atoms with Gasteiger partial charge in [0.1, 0.15) is 18.0 Å². The highest BCUT2D eigenvalue weighted by Crippen LogP contribution is 2.26. The molecule has 30 heavy (non-hydrogen) atoms. The molecule has 0 radical (unpaired) electrons. The van der Waals surface area contributed by atoms with Crippen molar-refractivity contribution in [1.29, 1.82) is 0 Å². The lowest BCUT2D eigenvalue weighted by molar-refractivity contribution is 0.627. The Balaban J connectivity index is 1.54. The van der Waals surface area contributed by atoms with E-state index < -0.39 is 0 Å². The lowest BCUT2D eigenvalue weighted by Gasteiger charge is -2.07. The zero-order valence-electron chi connectivity index (χ0n) is 16.2. The third-order valence-corrected chi connectivity index (χ3v) is 4.76. The van der Waals surface area contributed by atoms with Gasteiger partial charge in [0, 0.05) is 30.1 Å². The van der Waals surface area contributed by atoms with Gasteiger partial charge in [0.25, 0.3) is 0 Å². The number of fused-ring (bicyclic) bond motifs is 1. The molecule has 5 rings (SSSR count). The van der Waals surface area contributed by atoms with Crippen molar-refractivity contribution in [2.75, 3.05) is 5.32 Å². The third kappa shape index (κ3) is 3.50. The van der Waals surface area contributed by atoms with Crippen LogP contribution in [0.4, 0.5) is 10.2 Å². The van der Waals surface area contributed by atoms with Crippen LogP contribution in [0.5, 0.6) is 0 Å². The van der Waals surface area contributed by atoms with Crippen molar-refractivity contribution in [2.45, 2.75) is 13.5 Å². The van der Waals surface area contributed by atoms with E-state index in [0.29, 0.717) is 12.4 Å². The molecule has 1 aromatic carbocycles. The van der Waals surface area contributed by atoms with Crippen LogP contribution in [-0.4, -0.2) is 29.4 Å². The molecule has 0 unspecified atom stereocenters. The Morgan fingerprint density at radius 3 is 2.73 bits per heavy atom. The van der Waals surface area contributed by atoms with Gasteiger partial charge in [-0.15, -0.1) is 5.10 Å². The van der Waals surface area contributed by atoms with Crippen LogP contribution >= 0.6 is 0 Å². The number of anilines is 1. The van der Waals surface area contributed by atoms with Gasteiger partial charge in [-0.3, -0.25) is 0 Å². The minimum Gasteiger partial charge on any atom is -0.364 e. The second-order valence-corrected chi connectivity index (χ2v) is 6.92. The highest BCUT2D eigenvalue weighted by Gasteiger charge is 2.14. The number of benzene rings is 1. The van der Waals surface area contributed by atoms with Crippen LogP contribution in [0.1, 0.15) is 11.3 Å². The summed E-state index contributed by atoms with van der Waals surface area (Å²) >= 11 is 0. The molecule has 1 N–H and O–H groups in total. The maximum Gasteiger partial charge on any atom is 0.155 e. The molecule has 0 aliphatic rings. The predicted octanol–water partition coefficient (Wildman–Crippen LogP) is 4.04. The fourth-order valence-corrected chi connectivity index (χ4v) is 3.26. The van der Waals surface area contributed by atoms with Crippen molar-refractivity contribution >= 4 is 11.5 Å². The van der Waals surface area contributed by atoms with E-state index in [9.17, 15) is 4.39 Å². The number of hydrogen-bond donors (Lipinski definition) is 1. The molecule has 7 nitrogen and oxygen atoms in total. The van der Waals surface area contributed by atoms with Crippen LogP contribution in [0.3, 0.4) is 0 Å². The Kier molecular flexibility index (Phi) is 4.44. The Hall–Kier alpha value is -4.07. The molecular weight excluding hydrogens is 381 g/mol. The zero-order chi connectivity index (χ0) is 20.5. The molecule has 0 bridgehead atoms. The van der Waals surface area contributed by atoms with E-state index >= 15 is 0 Å². The molecule has 4 aromatic heterocycles. The molecule has 0 fully saturated rings. The normalized spacial score (nSPS) is 11.1. The Morgan fingerprint density at radius 1 is 1.03 bits per heavy atom. The highest BCUT2D eigenvalue weighted by atomic mass is 19.1. The average molecular weight is 399 g/mol. The van der Waals surface area contributed by atoms with Gasteiger partial charge in [0.05, 0.1) is 5.69 Å². The second kappa shape index (κ2) is 7.40. The molecule has 148 valence electrons. The Morgan fingerprint density at radius 2 is 1.90 bits per heavy atom. The molecule has 0 aliphatic heterocycles. The number of hydrogen-bond acceptors (Lipinski definition) is 5. The first-order valence-corrected chi connectivity index (χ1v) is 9.48. The van der Waals surface area contributed by atoms with E-state index in [4.69, 9.17) is 5.10 Å². The van der Waals surface area contributed by atoms with Crippen molar-refractivity contribution in [3.05, 3.63) is 90.3 Å². The van der Waals surface area contributed by atoms with Crippen molar-refractivity contribution in [2.24, 2.45) is 0 Å². The molecule has 0 atom stereocenters. The van der Waals surface area contributed by atoms with E-state index in [1.807, 2.05) is 54.2 Å². The molecule has 8 heteroatoms. The first-order chi connectivity index (χ1) is 14.7. The number of halogens is 1. The summed E-state index contributed by atoms with van der Waals surface area (Å²) < 4.78 is 16.7. The number of nitrogens with one attached hydrogen (secondary N) is 1. The van der Waals surface area contributed by atoms with Gasteiger partial charge >= 0.3 is 0 Å². The molecule has 4 heterocycles. The van der Waals surface area contributed by atoms with Crippen molar-refractivity contribution in [3.63, 3.8) is 0 Å². The van der Waals surface area contributed by atoms with Gasteiger partial charge in [0.2, 0.25) is 0 Å². The quantitative estimate of drug-likeness (QED) is 0.483. The van der Waals surface area contributed by atoms with Crippen LogP contribution in [0.25, 0.3) is 22.7 Å². The van der Waals surface area contributed by atoms with Crippen molar-refractivity contribution < 1.29 is 4.39 Å². The number of rotatable bonds is 5. The van der Waals surface area contributed by atoms with Gasteiger partial charge in [-0.2, -0.15) is 5.10 Å². The molecule has 0 amide bonds. The maximum absolute atomic E-state index is 13.1. The van der Waals surface area contributed by atoms with Gasteiger partial charge in [-0.25, -0.2) is 23.6 Å². The van der Waals surface area contributed by atoms with Gasteiger partial charge in [-0.1, -0.05) is 18.2 Å².